The minimum Gasteiger partial charge on any atom is -0.454 e. The second-order valence-corrected chi connectivity index (χ2v) is 12.6. The summed E-state index contributed by atoms with van der Waals surface area (Å²) in [5, 5.41) is 2.98. The molecular formula is C30H34BrN3O6S. The van der Waals surface area contributed by atoms with Gasteiger partial charge in [0, 0.05) is 30.0 Å². The fourth-order valence-corrected chi connectivity index (χ4v) is 5.61. The van der Waals surface area contributed by atoms with E-state index in [1.165, 1.54) is 11.0 Å². The number of halogens is 1. The standard InChI is InChI=1S/C30H34BrN3O6S/c1-3-4-16-32-30(36)26(17-22-8-6-5-7-9-22)33(19-23-10-12-24(31)13-11-23)29(35)20-34(41(2,37)38)25-14-15-27-28(18-25)40-21-39-27/h5-15,18,26H,3-4,16-17,19-21H2,1-2H3,(H,32,36)/t26-/m0/s1. The van der Waals surface area contributed by atoms with Crippen molar-refractivity contribution >= 4 is 43.5 Å². The Morgan fingerprint density at radius 3 is 2.37 bits per heavy atom. The van der Waals surface area contributed by atoms with Crippen molar-refractivity contribution in [3.8, 4) is 11.5 Å². The lowest BCUT2D eigenvalue weighted by atomic mass is 10.0. The molecule has 3 aromatic rings. The second kappa shape index (κ2) is 13.9. The maximum absolute atomic E-state index is 14.1. The first-order chi connectivity index (χ1) is 19.7. The molecule has 218 valence electrons. The molecule has 2 amide bonds. The van der Waals surface area contributed by atoms with Crippen LogP contribution in [-0.4, -0.2) is 57.3 Å². The van der Waals surface area contributed by atoms with Crippen LogP contribution in [0.3, 0.4) is 0 Å². The number of carbonyl (C=O) groups is 2. The number of fused-ring (bicyclic) bond motifs is 1. The first kappa shape index (κ1) is 30.4. The highest BCUT2D eigenvalue weighted by molar-refractivity contribution is 9.10. The van der Waals surface area contributed by atoms with E-state index in [1.807, 2.05) is 61.5 Å². The molecular weight excluding hydrogens is 610 g/mol. The van der Waals surface area contributed by atoms with Gasteiger partial charge in [-0.1, -0.05) is 71.7 Å². The number of anilines is 1. The molecule has 0 saturated heterocycles. The smallest absolute Gasteiger partial charge is 0.244 e. The molecule has 0 unspecified atom stereocenters. The molecule has 1 aliphatic heterocycles. The number of amides is 2. The Labute approximate surface area is 249 Å². The number of sulfonamides is 1. The maximum atomic E-state index is 14.1. The largest absolute Gasteiger partial charge is 0.454 e. The van der Waals surface area contributed by atoms with Crippen molar-refractivity contribution < 1.29 is 27.5 Å². The van der Waals surface area contributed by atoms with Gasteiger partial charge in [0.2, 0.25) is 28.6 Å². The van der Waals surface area contributed by atoms with Crippen molar-refractivity contribution in [3.63, 3.8) is 0 Å². The molecule has 0 aliphatic carbocycles. The monoisotopic (exact) mass is 643 g/mol. The van der Waals surface area contributed by atoms with E-state index < -0.39 is 28.5 Å². The number of hydrogen-bond acceptors (Lipinski definition) is 6. The van der Waals surface area contributed by atoms with Gasteiger partial charge in [-0.25, -0.2) is 8.42 Å². The van der Waals surface area contributed by atoms with Gasteiger partial charge in [-0.05, 0) is 41.8 Å². The lowest BCUT2D eigenvalue weighted by molar-refractivity contribution is -0.140. The zero-order valence-corrected chi connectivity index (χ0v) is 25.5. The van der Waals surface area contributed by atoms with Crippen molar-refractivity contribution in [1.29, 1.82) is 0 Å². The van der Waals surface area contributed by atoms with Crippen LogP contribution in [0.1, 0.15) is 30.9 Å². The fraction of sp³-hybridized carbons (Fsp3) is 0.333. The summed E-state index contributed by atoms with van der Waals surface area (Å²) in [7, 11) is -3.88. The Balaban J connectivity index is 1.70. The lowest BCUT2D eigenvalue weighted by Crippen LogP contribution is -2.53. The second-order valence-electron chi connectivity index (χ2n) is 9.81. The van der Waals surface area contributed by atoms with Crippen molar-refractivity contribution in [2.24, 2.45) is 0 Å². The summed E-state index contributed by atoms with van der Waals surface area (Å²) >= 11 is 3.44. The molecule has 3 aromatic carbocycles. The van der Waals surface area contributed by atoms with Crippen molar-refractivity contribution in [3.05, 3.63) is 88.4 Å². The first-order valence-electron chi connectivity index (χ1n) is 13.4. The van der Waals surface area contributed by atoms with Gasteiger partial charge in [-0.15, -0.1) is 0 Å². The average molecular weight is 645 g/mol. The fourth-order valence-electron chi connectivity index (χ4n) is 4.50. The first-order valence-corrected chi connectivity index (χ1v) is 16.0. The number of benzene rings is 3. The van der Waals surface area contributed by atoms with Gasteiger partial charge < -0.3 is 19.7 Å². The minimum absolute atomic E-state index is 0.0336. The van der Waals surface area contributed by atoms with Crippen molar-refractivity contribution in [1.82, 2.24) is 10.2 Å². The van der Waals surface area contributed by atoms with Gasteiger partial charge >= 0.3 is 0 Å². The van der Waals surface area contributed by atoms with E-state index in [9.17, 15) is 18.0 Å². The molecule has 41 heavy (non-hydrogen) atoms. The predicted molar refractivity (Wildman–Crippen MR) is 161 cm³/mol. The number of unbranched alkanes of at least 4 members (excludes halogenated alkanes) is 1. The van der Waals surface area contributed by atoms with E-state index in [2.05, 4.69) is 21.2 Å². The van der Waals surface area contributed by atoms with Gasteiger partial charge in [0.1, 0.15) is 12.6 Å². The van der Waals surface area contributed by atoms with Crippen LogP contribution < -0.4 is 19.1 Å². The summed E-state index contributed by atoms with van der Waals surface area (Å²) in [5.74, 6) is 0.0916. The molecule has 0 fully saturated rings. The molecule has 0 spiro atoms. The predicted octanol–water partition coefficient (Wildman–Crippen LogP) is 4.50. The normalized spacial score (nSPS) is 13.0. The number of hydrogen-bond donors (Lipinski definition) is 1. The number of rotatable bonds is 13. The minimum atomic E-state index is -3.88. The van der Waals surface area contributed by atoms with E-state index in [0.717, 1.165) is 39.0 Å². The summed E-state index contributed by atoms with van der Waals surface area (Å²) in [6.07, 6.45) is 3.02. The van der Waals surface area contributed by atoms with Gasteiger partial charge in [-0.2, -0.15) is 0 Å². The summed E-state index contributed by atoms with van der Waals surface area (Å²) in [4.78, 5) is 29.2. The van der Waals surface area contributed by atoms with Gasteiger partial charge in [0.25, 0.3) is 0 Å². The molecule has 1 N–H and O–H groups in total. The third kappa shape index (κ3) is 8.23. The zero-order valence-electron chi connectivity index (χ0n) is 23.1. The van der Waals surface area contributed by atoms with Crippen LogP contribution in [0, 0.1) is 0 Å². The number of nitrogens with zero attached hydrogens (tertiary/aromatic N) is 2. The summed E-state index contributed by atoms with van der Waals surface area (Å²) < 4.78 is 38.6. The molecule has 0 saturated carbocycles. The molecule has 9 nitrogen and oxygen atoms in total. The van der Waals surface area contributed by atoms with Gasteiger partial charge in [0.15, 0.2) is 11.5 Å². The zero-order chi connectivity index (χ0) is 29.4. The molecule has 11 heteroatoms. The quantitative estimate of drug-likeness (QED) is 0.275. The van der Waals surface area contributed by atoms with E-state index in [-0.39, 0.29) is 31.4 Å². The van der Waals surface area contributed by atoms with Crippen LogP contribution in [0.4, 0.5) is 5.69 Å². The van der Waals surface area contributed by atoms with Crippen LogP contribution in [0.2, 0.25) is 0 Å². The van der Waals surface area contributed by atoms with Crippen LogP contribution >= 0.6 is 15.9 Å². The molecule has 1 heterocycles. The Morgan fingerprint density at radius 2 is 1.68 bits per heavy atom. The van der Waals surface area contributed by atoms with Crippen LogP contribution in [0.5, 0.6) is 11.5 Å². The number of carbonyl (C=O) groups excluding carboxylic acids is 2. The summed E-state index contributed by atoms with van der Waals surface area (Å²) in [6.45, 7) is 2.17. The topological polar surface area (TPSA) is 105 Å². The molecule has 0 radical (unpaired) electrons. The highest BCUT2D eigenvalue weighted by Gasteiger charge is 2.33. The van der Waals surface area contributed by atoms with Gasteiger partial charge in [-0.3, -0.25) is 13.9 Å². The van der Waals surface area contributed by atoms with Crippen LogP contribution in [0.15, 0.2) is 77.3 Å². The third-order valence-electron chi connectivity index (χ3n) is 6.69. The highest BCUT2D eigenvalue weighted by atomic mass is 79.9. The Hall–Kier alpha value is -3.57. The molecule has 4 rings (SSSR count). The van der Waals surface area contributed by atoms with Gasteiger partial charge in [0.05, 0.1) is 11.9 Å². The van der Waals surface area contributed by atoms with Crippen molar-refractivity contribution in [2.75, 3.05) is 30.4 Å². The Kier molecular flexibility index (Phi) is 10.3. The van der Waals surface area contributed by atoms with Crippen molar-refractivity contribution in [2.45, 2.75) is 38.8 Å². The Morgan fingerprint density at radius 1 is 0.976 bits per heavy atom. The van der Waals surface area contributed by atoms with E-state index in [4.69, 9.17) is 9.47 Å². The lowest BCUT2D eigenvalue weighted by Gasteiger charge is -2.33. The average Bonchev–Trinajstić information content (AvgIpc) is 3.42. The highest BCUT2D eigenvalue weighted by Crippen LogP contribution is 2.36. The SMILES string of the molecule is CCCCNC(=O)[C@H](Cc1ccccc1)N(Cc1ccc(Br)cc1)C(=O)CN(c1ccc2c(c1)OCO2)S(C)(=O)=O. The van der Waals surface area contributed by atoms with E-state index in [0.29, 0.717) is 18.0 Å². The summed E-state index contributed by atoms with van der Waals surface area (Å²) in [5.41, 5.74) is 1.95. The maximum Gasteiger partial charge on any atom is 0.244 e. The van der Waals surface area contributed by atoms with E-state index >= 15 is 0 Å². The number of ether oxygens (including phenoxy) is 2. The van der Waals surface area contributed by atoms with Crippen LogP contribution in [-0.2, 0) is 32.6 Å². The molecule has 1 aliphatic rings. The van der Waals surface area contributed by atoms with E-state index in [1.54, 1.807) is 12.1 Å². The Bertz CT molecular complexity index is 1450. The molecule has 1 atom stereocenters. The molecule has 0 aromatic heterocycles. The number of nitrogens with one attached hydrogen (secondary N) is 1. The molecule has 0 bridgehead atoms. The van der Waals surface area contributed by atoms with Crippen LogP contribution in [0.25, 0.3) is 0 Å². The summed E-state index contributed by atoms with van der Waals surface area (Å²) in [6, 6.07) is 20.8. The third-order valence-corrected chi connectivity index (χ3v) is 8.36.